The van der Waals surface area contributed by atoms with Gasteiger partial charge < -0.3 is 15.2 Å². The summed E-state index contributed by atoms with van der Waals surface area (Å²) in [6, 6.07) is 12.9. The number of hydrogen-bond donors (Lipinski definition) is 2. The van der Waals surface area contributed by atoms with Crippen molar-refractivity contribution in [3.05, 3.63) is 59.9 Å². The van der Waals surface area contributed by atoms with E-state index in [-0.39, 0.29) is 24.0 Å². The number of nitrogens with zero attached hydrogens (tertiary/aromatic N) is 3. The second-order valence-corrected chi connectivity index (χ2v) is 6.40. The molecule has 6 heteroatoms. The van der Waals surface area contributed by atoms with Crippen molar-refractivity contribution in [3.63, 3.8) is 0 Å². The normalized spacial score (nSPS) is 14.4. The first-order valence-corrected chi connectivity index (χ1v) is 9.27. The topological polar surface area (TPSA) is 44.6 Å². The number of benzene rings is 1. The Balaban J connectivity index is 0.00000243. The Morgan fingerprint density at radius 2 is 1.81 bits per heavy atom. The summed E-state index contributed by atoms with van der Waals surface area (Å²) in [4.78, 5) is 7.22. The van der Waals surface area contributed by atoms with Crippen molar-refractivity contribution in [2.45, 2.75) is 26.4 Å². The van der Waals surface area contributed by atoms with Gasteiger partial charge in [0.15, 0.2) is 5.96 Å². The van der Waals surface area contributed by atoms with Gasteiger partial charge in [0.25, 0.3) is 0 Å². The van der Waals surface area contributed by atoms with Crippen molar-refractivity contribution in [2.75, 3.05) is 32.7 Å². The fourth-order valence-corrected chi connectivity index (χ4v) is 3.21. The molecule has 0 spiro atoms. The first-order valence-electron chi connectivity index (χ1n) is 9.27. The fraction of sp³-hybridized carbons (Fsp3) is 0.450. The lowest BCUT2D eigenvalue weighted by molar-refractivity contribution is 0.261. The Morgan fingerprint density at radius 3 is 2.58 bits per heavy atom. The van der Waals surface area contributed by atoms with Crippen molar-refractivity contribution >= 4 is 29.9 Å². The molecule has 2 heterocycles. The van der Waals surface area contributed by atoms with Crippen LogP contribution in [0.4, 0.5) is 0 Å². The summed E-state index contributed by atoms with van der Waals surface area (Å²) in [5.41, 5.74) is 2.97. The van der Waals surface area contributed by atoms with Crippen LogP contribution in [-0.2, 0) is 19.5 Å². The molecular formula is C20H30IN5. The van der Waals surface area contributed by atoms with E-state index >= 15 is 0 Å². The van der Waals surface area contributed by atoms with Crippen molar-refractivity contribution < 1.29 is 0 Å². The molecule has 0 unspecified atom stereocenters. The molecule has 0 saturated heterocycles. The predicted molar refractivity (Wildman–Crippen MR) is 119 cm³/mol. The molecule has 0 amide bonds. The Kier molecular flexibility index (Phi) is 8.97. The maximum atomic E-state index is 4.73. The van der Waals surface area contributed by atoms with E-state index in [0.717, 1.165) is 58.2 Å². The van der Waals surface area contributed by atoms with Gasteiger partial charge >= 0.3 is 0 Å². The SMILES string of the molecule is CCNC(=NCCN1CCc2ccccc2C1)NCCn1cccc1.I. The first kappa shape index (κ1) is 20.8. The number of rotatable bonds is 7. The molecule has 5 nitrogen and oxygen atoms in total. The summed E-state index contributed by atoms with van der Waals surface area (Å²) in [6.07, 6.45) is 5.31. The molecule has 1 aliphatic rings. The summed E-state index contributed by atoms with van der Waals surface area (Å²) in [5, 5.41) is 6.74. The summed E-state index contributed by atoms with van der Waals surface area (Å²) in [6.45, 7) is 8.80. The zero-order valence-electron chi connectivity index (χ0n) is 15.5. The number of halogens is 1. The zero-order valence-corrected chi connectivity index (χ0v) is 17.9. The number of hydrogen-bond acceptors (Lipinski definition) is 2. The highest BCUT2D eigenvalue weighted by Gasteiger charge is 2.14. The molecule has 26 heavy (non-hydrogen) atoms. The minimum absolute atomic E-state index is 0. The minimum atomic E-state index is 0. The van der Waals surface area contributed by atoms with E-state index in [1.807, 2.05) is 0 Å². The highest BCUT2D eigenvalue weighted by Crippen LogP contribution is 2.17. The maximum Gasteiger partial charge on any atom is 0.191 e. The zero-order chi connectivity index (χ0) is 17.3. The average Bonchev–Trinajstić information content (AvgIpc) is 3.15. The molecule has 0 fully saturated rings. The van der Waals surface area contributed by atoms with Gasteiger partial charge in [-0.1, -0.05) is 24.3 Å². The Hall–Kier alpha value is -1.54. The lowest BCUT2D eigenvalue weighted by Crippen LogP contribution is -2.39. The third-order valence-corrected chi connectivity index (χ3v) is 4.57. The Morgan fingerprint density at radius 1 is 1.04 bits per heavy atom. The van der Waals surface area contributed by atoms with Crippen LogP contribution < -0.4 is 10.6 Å². The second-order valence-electron chi connectivity index (χ2n) is 6.40. The van der Waals surface area contributed by atoms with Gasteiger partial charge in [-0.05, 0) is 36.6 Å². The molecule has 1 aliphatic heterocycles. The van der Waals surface area contributed by atoms with Crippen LogP contribution in [0, 0.1) is 0 Å². The van der Waals surface area contributed by atoms with Crippen LogP contribution in [-0.4, -0.2) is 48.2 Å². The Bertz CT molecular complexity index is 669. The number of nitrogens with one attached hydrogen (secondary N) is 2. The van der Waals surface area contributed by atoms with E-state index in [2.05, 4.69) is 75.8 Å². The van der Waals surface area contributed by atoms with Crippen molar-refractivity contribution in [2.24, 2.45) is 4.99 Å². The lowest BCUT2D eigenvalue weighted by Gasteiger charge is -2.28. The van der Waals surface area contributed by atoms with E-state index in [1.54, 1.807) is 0 Å². The molecule has 1 aromatic heterocycles. The largest absolute Gasteiger partial charge is 0.357 e. The van der Waals surface area contributed by atoms with Crippen LogP contribution in [0.5, 0.6) is 0 Å². The molecule has 2 N–H and O–H groups in total. The van der Waals surface area contributed by atoms with Gasteiger partial charge in [0.1, 0.15) is 0 Å². The smallest absolute Gasteiger partial charge is 0.191 e. The molecule has 0 saturated carbocycles. The maximum absolute atomic E-state index is 4.73. The molecule has 0 bridgehead atoms. The van der Waals surface area contributed by atoms with Crippen LogP contribution >= 0.6 is 24.0 Å². The Labute approximate surface area is 173 Å². The molecule has 142 valence electrons. The molecule has 2 aromatic rings. The van der Waals surface area contributed by atoms with Crippen LogP contribution in [0.1, 0.15) is 18.1 Å². The van der Waals surface area contributed by atoms with E-state index < -0.39 is 0 Å². The van der Waals surface area contributed by atoms with Gasteiger partial charge in [0, 0.05) is 51.7 Å². The number of aliphatic imine (C=N–C) groups is 1. The fourth-order valence-electron chi connectivity index (χ4n) is 3.21. The van der Waals surface area contributed by atoms with Crippen LogP contribution in [0.25, 0.3) is 0 Å². The monoisotopic (exact) mass is 467 g/mol. The predicted octanol–water partition coefficient (Wildman–Crippen LogP) is 2.72. The number of guanidine groups is 1. The van der Waals surface area contributed by atoms with Crippen LogP contribution in [0.3, 0.4) is 0 Å². The standard InChI is InChI=1S/C20H29N5.HI/c1-2-21-20(22-10-15-24-12-5-6-13-24)23-11-16-25-14-9-18-7-3-4-8-19(18)17-25;/h3-8,12-13H,2,9-11,14-17H2,1H3,(H2,21,22,23);1H. The van der Waals surface area contributed by atoms with Crippen LogP contribution in [0.2, 0.25) is 0 Å². The summed E-state index contributed by atoms with van der Waals surface area (Å²) in [5.74, 6) is 0.909. The molecule has 1 aromatic carbocycles. The molecule has 0 atom stereocenters. The van der Waals surface area contributed by atoms with Gasteiger partial charge in [0.2, 0.25) is 0 Å². The third kappa shape index (κ3) is 6.32. The van der Waals surface area contributed by atoms with E-state index in [1.165, 1.54) is 11.1 Å². The molecule has 3 rings (SSSR count). The first-order chi connectivity index (χ1) is 12.3. The quantitative estimate of drug-likeness (QED) is 0.374. The van der Waals surface area contributed by atoms with Gasteiger partial charge in [0.05, 0.1) is 6.54 Å². The van der Waals surface area contributed by atoms with Crippen molar-refractivity contribution in [1.82, 2.24) is 20.1 Å². The van der Waals surface area contributed by atoms with Crippen molar-refractivity contribution in [3.8, 4) is 0 Å². The molecule has 0 radical (unpaired) electrons. The average molecular weight is 467 g/mol. The number of fused-ring (bicyclic) bond motifs is 1. The highest BCUT2D eigenvalue weighted by molar-refractivity contribution is 14.0. The summed E-state index contributed by atoms with van der Waals surface area (Å²) in [7, 11) is 0. The second kappa shape index (κ2) is 11.2. The minimum Gasteiger partial charge on any atom is -0.357 e. The molecular weight excluding hydrogens is 437 g/mol. The van der Waals surface area contributed by atoms with E-state index in [4.69, 9.17) is 4.99 Å². The van der Waals surface area contributed by atoms with Gasteiger partial charge in [-0.3, -0.25) is 9.89 Å². The summed E-state index contributed by atoms with van der Waals surface area (Å²) >= 11 is 0. The van der Waals surface area contributed by atoms with Gasteiger partial charge in [-0.2, -0.15) is 0 Å². The third-order valence-electron chi connectivity index (χ3n) is 4.57. The highest BCUT2D eigenvalue weighted by atomic mass is 127. The number of aromatic nitrogens is 1. The summed E-state index contributed by atoms with van der Waals surface area (Å²) < 4.78 is 2.17. The van der Waals surface area contributed by atoms with Crippen LogP contribution in [0.15, 0.2) is 53.8 Å². The van der Waals surface area contributed by atoms with E-state index in [0.29, 0.717) is 0 Å². The lowest BCUT2D eigenvalue weighted by atomic mass is 10.0. The van der Waals surface area contributed by atoms with E-state index in [9.17, 15) is 0 Å². The van der Waals surface area contributed by atoms with Gasteiger partial charge in [-0.15, -0.1) is 24.0 Å². The van der Waals surface area contributed by atoms with Gasteiger partial charge in [-0.25, -0.2) is 0 Å². The molecule has 0 aliphatic carbocycles. The van der Waals surface area contributed by atoms with Crippen molar-refractivity contribution in [1.29, 1.82) is 0 Å².